The standard InChI is InChI=1S/C11H22O3Si/c1-4-6-10(15-14-3)8-5-7-9(2)11(12)13/h7,10H,4-6,8,15H2,1-3H3,(H,12,13). The van der Waals surface area contributed by atoms with Crippen LogP contribution < -0.4 is 0 Å². The van der Waals surface area contributed by atoms with E-state index in [9.17, 15) is 4.79 Å². The molecule has 1 atom stereocenters. The van der Waals surface area contributed by atoms with Crippen LogP contribution in [0.4, 0.5) is 0 Å². The van der Waals surface area contributed by atoms with Crippen molar-refractivity contribution in [2.75, 3.05) is 7.11 Å². The molecule has 0 saturated carbocycles. The Balaban J connectivity index is 3.88. The van der Waals surface area contributed by atoms with E-state index in [4.69, 9.17) is 9.53 Å². The number of carboxylic acid groups (broad SMARTS) is 1. The van der Waals surface area contributed by atoms with Crippen LogP contribution in [-0.2, 0) is 9.22 Å². The van der Waals surface area contributed by atoms with Crippen molar-refractivity contribution in [3.8, 4) is 0 Å². The Labute approximate surface area is 94.5 Å². The van der Waals surface area contributed by atoms with Gasteiger partial charge in [0.1, 0.15) is 0 Å². The van der Waals surface area contributed by atoms with Crippen molar-refractivity contribution in [1.29, 1.82) is 0 Å². The Morgan fingerprint density at radius 3 is 2.67 bits per heavy atom. The molecule has 0 aliphatic rings. The molecule has 15 heavy (non-hydrogen) atoms. The van der Waals surface area contributed by atoms with Crippen molar-refractivity contribution in [3.63, 3.8) is 0 Å². The van der Waals surface area contributed by atoms with Gasteiger partial charge in [-0.25, -0.2) is 4.79 Å². The van der Waals surface area contributed by atoms with E-state index in [0.717, 1.165) is 12.8 Å². The number of hydrogen-bond donors (Lipinski definition) is 1. The molecule has 0 aromatic rings. The van der Waals surface area contributed by atoms with Gasteiger partial charge in [0.15, 0.2) is 9.76 Å². The van der Waals surface area contributed by atoms with Crippen molar-refractivity contribution in [2.24, 2.45) is 0 Å². The smallest absolute Gasteiger partial charge is 0.330 e. The summed E-state index contributed by atoms with van der Waals surface area (Å²) < 4.78 is 5.26. The minimum absolute atomic E-state index is 0.416. The summed E-state index contributed by atoms with van der Waals surface area (Å²) in [6.07, 6.45) is 6.13. The van der Waals surface area contributed by atoms with Gasteiger partial charge < -0.3 is 9.53 Å². The van der Waals surface area contributed by atoms with E-state index in [2.05, 4.69) is 6.92 Å². The first-order valence-electron chi connectivity index (χ1n) is 5.50. The van der Waals surface area contributed by atoms with Crippen LogP contribution in [-0.4, -0.2) is 27.9 Å². The van der Waals surface area contributed by atoms with Gasteiger partial charge in [-0.3, -0.25) is 0 Å². The number of carbonyl (C=O) groups is 1. The van der Waals surface area contributed by atoms with Gasteiger partial charge in [-0.1, -0.05) is 25.8 Å². The fourth-order valence-corrected chi connectivity index (χ4v) is 3.03. The molecule has 3 nitrogen and oxygen atoms in total. The monoisotopic (exact) mass is 230 g/mol. The third-order valence-electron chi connectivity index (χ3n) is 2.46. The summed E-state index contributed by atoms with van der Waals surface area (Å²) in [7, 11) is 1.35. The number of carboxylic acids is 1. The van der Waals surface area contributed by atoms with Crippen molar-refractivity contribution in [2.45, 2.75) is 45.1 Å². The molecule has 0 aromatic carbocycles. The topological polar surface area (TPSA) is 46.5 Å². The summed E-state index contributed by atoms with van der Waals surface area (Å²) in [5.41, 5.74) is 1.14. The SMILES string of the molecule is CCCC(CCC=C(C)C(=O)O)[SiH2]OC. The second kappa shape index (κ2) is 8.68. The normalized spacial score (nSPS) is 14.7. The third-order valence-corrected chi connectivity index (χ3v) is 4.08. The lowest BCUT2D eigenvalue weighted by molar-refractivity contribution is -0.132. The highest BCUT2D eigenvalue weighted by Gasteiger charge is 2.07. The van der Waals surface area contributed by atoms with Crippen molar-refractivity contribution >= 4 is 15.7 Å². The predicted molar refractivity (Wildman–Crippen MR) is 64.8 cm³/mol. The first kappa shape index (κ1) is 14.4. The zero-order valence-corrected chi connectivity index (χ0v) is 11.4. The van der Waals surface area contributed by atoms with Gasteiger partial charge in [0.05, 0.1) is 0 Å². The molecule has 0 heterocycles. The molecule has 4 heteroatoms. The molecule has 0 fully saturated rings. The number of allylic oxidation sites excluding steroid dienone is 1. The van der Waals surface area contributed by atoms with Crippen LogP contribution >= 0.6 is 0 Å². The van der Waals surface area contributed by atoms with E-state index in [1.165, 1.54) is 12.8 Å². The van der Waals surface area contributed by atoms with Crippen molar-refractivity contribution in [1.82, 2.24) is 0 Å². The van der Waals surface area contributed by atoms with Gasteiger partial charge in [-0.05, 0) is 25.3 Å². The summed E-state index contributed by atoms with van der Waals surface area (Å²) in [4.78, 5) is 10.5. The third kappa shape index (κ3) is 7.33. The molecule has 0 rings (SSSR count). The Morgan fingerprint density at radius 2 is 2.20 bits per heavy atom. The maximum absolute atomic E-state index is 10.5. The molecule has 0 amide bonds. The number of aliphatic carboxylic acids is 1. The maximum atomic E-state index is 10.5. The predicted octanol–water partition coefficient (Wildman–Crippen LogP) is 2.12. The van der Waals surface area contributed by atoms with Gasteiger partial charge >= 0.3 is 5.97 Å². The fourth-order valence-electron chi connectivity index (χ4n) is 1.58. The number of rotatable bonds is 8. The van der Waals surface area contributed by atoms with Gasteiger partial charge in [0, 0.05) is 12.7 Å². The maximum Gasteiger partial charge on any atom is 0.330 e. The Bertz CT molecular complexity index is 208. The Morgan fingerprint density at radius 1 is 1.53 bits per heavy atom. The lowest BCUT2D eigenvalue weighted by atomic mass is 10.1. The molecule has 0 spiro atoms. The van der Waals surface area contributed by atoms with Gasteiger partial charge in [0.25, 0.3) is 0 Å². The van der Waals surface area contributed by atoms with E-state index in [-0.39, 0.29) is 0 Å². The van der Waals surface area contributed by atoms with Crippen LogP contribution in [0.3, 0.4) is 0 Å². The molecule has 0 aliphatic heterocycles. The molecule has 0 saturated heterocycles. The summed E-state index contributed by atoms with van der Waals surface area (Å²) in [5, 5.41) is 8.67. The highest BCUT2D eigenvalue weighted by molar-refractivity contribution is 6.29. The zero-order chi connectivity index (χ0) is 11.7. The molecule has 0 aliphatic carbocycles. The first-order valence-corrected chi connectivity index (χ1v) is 6.90. The van der Waals surface area contributed by atoms with E-state index < -0.39 is 15.7 Å². The van der Waals surface area contributed by atoms with Crippen LogP contribution in [0, 0.1) is 0 Å². The summed E-state index contributed by atoms with van der Waals surface area (Å²) in [5.74, 6) is -0.814. The van der Waals surface area contributed by atoms with E-state index in [1.54, 1.807) is 14.0 Å². The second-order valence-corrected chi connectivity index (χ2v) is 5.95. The van der Waals surface area contributed by atoms with Crippen LogP contribution in [0.5, 0.6) is 0 Å². The van der Waals surface area contributed by atoms with Gasteiger partial charge in [-0.2, -0.15) is 0 Å². The molecule has 1 unspecified atom stereocenters. The largest absolute Gasteiger partial charge is 0.478 e. The highest BCUT2D eigenvalue weighted by atomic mass is 28.2. The summed E-state index contributed by atoms with van der Waals surface area (Å²) in [6, 6.07) is 0. The minimum atomic E-state index is -0.814. The lowest BCUT2D eigenvalue weighted by Crippen LogP contribution is -2.06. The van der Waals surface area contributed by atoms with Crippen molar-refractivity contribution < 1.29 is 14.3 Å². The van der Waals surface area contributed by atoms with Crippen LogP contribution in [0.15, 0.2) is 11.6 Å². The molecule has 0 bridgehead atoms. The Kier molecular flexibility index (Phi) is 8.32. The highest BCUT2D eigenvalue weighted by Crippen LogP contribution is 2.19. The summed E-state index contributed by atoms with van der Waals surface area (Å²) in [6.45, 7) is 3.82. The quantitative estimate of drug-likeness (QED) is 0.513. The second-order valence-electron chi connectivity index (χ2n) is 3.88. The van der Waals surface area contributed by atoms with Crippen molar-refractivity contribution in [3.05, 3.63) is 11.6 Å². The zero-order valence-electron chi connectivity index (χ0n) is 9.95. The molecule has 88 valence electrons. The molecular weight excluding hydrogens is 208 g/mol. The average molecular weight is 230 g/mol. The minimum Gasteiger partial charge on any atom is -0.478 e. The average Bonchev–Trinajstić information content (AvgIpc) is 2.18. The van der Waals surface area contributed by atoms with Crippen LogP contribution in [0.1, 0.15) is 39.5 Å². The van der Waals surface area contributed by atoms with Crippen LogP contribution in [0.2, 0.25) is 5.54 Å². The fraction of sp³-hybridized carbons (Fsp3) is 0.727. The van der Waals surface area contributed by atoms with E-state index in [0.29, 0.717) is 11.1 Å². The molecule has 1 N–H and O–H groups in total. The van der Waals surface area contributed by atoms with E-state index in [1.807, 2.05) is 6.08 Å². The van der Waals surface area contributed by atoms with Gasteiger partial charge in [0.2, 0.25) is 0 Å². The lowest BCUT2D eigenvalue weighted by Gasteiger charge is -2.12. The Hall–Kier alpha value is -0.613. The summed E-state index contributed by atoms with van der Waals surface area (Å²) >= 11 is 0. The van der Waals surface area contributed by atoms with Crippen LogP contribution in [0.25, 0.3) is 0 Å². The number of hydrogen-bond acceptors (Lipinski definition) is 2. The molecule has 0 aromatic heterocycles. The molecule has 0 radical (unpaired) electrons. The first-order chi connectivity index (χ1) is 7.11. The molecular formula is C11H22O3Si. The van der Waals surface area contributed by atoms with Gasteiger partial charge in [-0.15, -0.1) is 0 Å². The van der Waals surface area contributed by atoms with E-state index >= 15 is 0 Å².